The summed E-state index contributed by atoms with van der Waals surface area (Å²) in [6, 6.07) is 5.39. The zero-order valence-electron chi connectivity index (χ0n) is 8.73. The fourth-order valence-electron chi connectivity index (χ4n) is 0.944. The van der Waals surface area contributed by atoms with E-state index in [1.54, 1.807) is 24.6 Å². The van der Waals surface area contributed by atoms with Crippen molar-refractivity contribution in [3.8, 4) is 6.07 Å². The Morgan fingerprint density at radius 3 is 2.87 bits per heavy atom. The molecule has 15 heavy (non-hydrogen) atoms. The molecule has 2 atom stereocenters. The van der Waals surface area contributed by atoms with E-state index in [1.165, 1.54) is 0 Å². The summed E-state index contributed by atoms with van der Waals surface area (Å²) in [6.45, 7) is 2.55. The number of hydrogen-bond donors (Lipinski definition) is 1. The second-order valence-electron chi connectivity index (χ2n) is 3.23. The predicted molar refractivity (Wildman–Crippen MR) is 61.0 cm³/mol. The largest absolute Gasteiger partial charge is 0.383 e. The maximum Gasteiger partial charge on any atom is 0.140 e. The lowest BCUT2D eigenvalue weighted by Crippen LogP contribution is -2.20. The van der Waals surface area contributed by atoms with Crippen molar-refractivity contribution in [2.24, 2.45) is 0 Å². The Hall–Kier alpha value is -1.41. The summed E-state index contributed by atoms with van der Waals surface area (Å²) in [6.07, 6.45) is 3.28. The summed E-state index contributed by atoms with van der Waals surface area (Å²) >= 11 is 0. The van der Waals surface area contributed by atoms with Gasteiger partial charge in [0.2, 0.25) is 0 Å². The van der Waals surface area contributed by atoms with Gasteiger partial charge in [0.15, 0.2) is 0 Å². The fourth-order valence-corrected chi connectivity index (χ4v) is 1.26. The average molecular weight is 223 g/mol. The molecule has 0 aliphatic heterocycles. The number of rotatable bonds is 4. The molecule has 1 heterocycles. The second-order valence-corrected chi connectivity index (χ2v) is 5.04. The van der Waals surface area contributed by atoms with E-state index in [4.69, 9.17) is 5.26 Å². The molecule has 0 aliphatic rings. The van der Waals surface area contributed by atoms with Crippen LogP contribution in [0.5, 0.6) is 0 Å². The molecule has 5 heteroatoms. The number of aromatic nitrogens is 1. The number of nitriles is 1. The van der Waals surface area contributed by atoms with Crippen molar-refractivity contribution >= 4 is 16.5 Å². The van der Waals surface area contributed by atoms with Crippen molar-refractivity contribution in [1.82, 2.24) is 4.98 Å². The molecule has 0 radical (unpaired) electrons. The molecule has 0 spiro atoms. The van der Waals surface area contributed by atoms with E-state index in [-0.39, 0.29) is 5.25 Å². The van der Waals surface area contributed by atoms with E-state index < -0.39 is 10.8 Å². The third kappa shape index (κ3) is 3.68. The monoisotopic (exact) mass is 223 g/mol. The normalized spacial score (nSPS) is 13.9. The minimum atomic E-state index is -0.825. The summed E-state index contributed by atoms with van der Waals surface area (Å²) in [4.78, 5) is 3.92. The highest BCUT2D eigenvalue weighted by Gasteiger charge is 2.05. The Bertz CT molecular complexity index is 383. The van der Waals surface area contributed by atoms with E-state index in [9.17, 15) is 4.21 Å². The molecular weight excluding hydrogens is 210 g/mol. The molecule has 1 rings (SSSR count). The van der Waals surface area contributed by atoms with Gasteiger partial charge in [0.1, 0.15) is 11.8 Å². The van der Waals surface area contributed by atoms with Gasteiger partial charge in [-0.25, -0.2) is 4.98 Å². The van der Waals surface area contributed by atoms with E-state index in [0.717, 1.165) is 5.69 Å². The standard InChI is InChI=1S/C10H13N3OS/c1-8(15(2)14)6-12-10-4-3-9(5-11)13-7-10/h3-4,7-8,12H,6H2,1-2H3. The van der Waals surface area contributed by atoms with Gasteiger partial charge < -0.3 is 5.32 Å². The molecule has 0 bridgehead atoms. The van der Waals surface area contributed by atoms with Gasteiger partial charge in [0.05, 0.1) is 11.9 Å². The molecule has 0 fully saturated rings. The van der Waals surface area contributed by atoms with Crippen LogP contribution < -0.4 is 5.32 Å². The Balaban J connectivity index is 2.52. The van der Waals surface area contributed by atoms with Gasteiger partial charge >= 0.3 is 0 Å². The number of pyridine rings is 1. The van der Waals surface area contributed by atoms with E-state index >= 15 is 0 Å². The number of hydrogen-bond acceptors (Lipinski definition) is 4. The summed E-state index contributed by atoms with van der Waals surface area (Å²) in [5, 5.41) is 11.8. The zero-order valence-corrected chi connectivity index (χ0v) is 9.54. The van der Waals surface area contributed by atoms with Crippen LogP contribution >= 0.6 is 0 Å². The molecule has 2 unspecified atom stereocenters. The first-order valence-electron chi connectivity index (χ1n) is 4.55. The SMILES string of the molecule is CC(CNc1ccc(C#N)nc1)S(C)=O. The Labute approximate surface area is 91.8 Å². The van der Waals surface area contributed by atoms with Crippen molar-refractivity contribution in [3.05, 3.63) is 24.0 Å². The van der Waals surface area contributed by atoms with Gasteiger partial charge in [-0.15, -0.1) is 0 Å². The Kier molecular flexibility index (Phi) is 4.25. The van der Waals surface area contributed by atoms with Crippen LogP contribution in [0.2, 0.25) is 0 Å². The highest BCUT2D eigenvalue weighted by molar-refractivity contribution is 7.84. The summed E-state index contributed by atoms with van der Waals surface area (Å²) in [7, 11) is -0.825. The Morgan fingerprint density at radius 2 is 2.40 bits per heavy atom. The second kappa shape index (κ2) is 5.47. The molecule has 0 aliphatic carbocycles. The molecule has 0 saturated heterocycles. The molecule has 0 aromatic carbocycles. The maximum atomic E-state index is 11.1. The van der Waals surface area contributed by atoms with Crippen molar-refractivity contribution in [2.75, 3.05) is 18.1 Å². The first kappa shape index (κ1) is 11.7. The Morgan fingerprint density at radius 1 is 1.67 bits per heavy atom. The fraction of sp³-hybridized carbons (Fsp3) is 0.400. The highest BCUT2D eigenvalue weighted by Crippen LogP contribution is 2.06. The van der Waals surface area contributed by atoms with Crippen LogP contribution in [0.4, 0.5) is 5.69 Å². The third-order valence-electron chi connectivity index (χ3n) is 2.04. The first-order valence-corrected chi connectivity index (χ1v) is 6.18. The number of nitrogens with zero attached hydrogens (tertiary/aromatic N) is 2. The first-order chi connectivity index (χ1) is 7.13. The molecule has 1 N–H and O–H groups in total. The summed E-state index contributed by atoms with van der Waals surface area (Å²) in [5.41, 5.74) is 1.24. The zero-order chi connectivity index (χ0) is 11.3. The number of anilines is 1. The lowest BCUT2D eigenvalue weighted by molar-refractivity contribution is 0.679. The topological polar surface area (TPSA) is 65.8 Å². The van der Waals surface area contributed by atoms with Gasteiger partial charge in [0.25, 0.3) is 0 Å². The van der Waals surface area contributed by atoms with Gasteiger partial charge in [-0.2, -0.15) is 5.26 Å². The highest BCUT2D eigenvalue weighted by atomic mass is 32.2. The van der Waals surface area contributed by atoms with Crippen LogP contribution in [-0.2, 0) is 10.8 Å². The van der Waals surface area contributed by atoms with E-state index in [0.29, 0.717) is 12.2 Å². The molecule has 0 saturated carbocycles. The van der Waals surface area contributed by atoms with E-state index in [2.05, 4.69) is 10.3 Å². The summed E-state index contributed by atoms with van der Waals surface area (Å²) in [5.74, 6) is 0. The van der Waals surface area contributed by atoms with Gasteiger partial charge in [-0.05, 0) is 19.1 Å². The lowest BCUT2D eigenvalue weighted by atomic mass is 10.3. The third-order valence-corrected chi connectivity index (χ3v) is 3.34. The van der Waals surface area contributed by atoms with Crippen molar-refractivity contribution in [2.45, 2.75) is 12.2 Å². The quantitative estimate of drug-likeness (QED) is 0.831. The minimum Gasteiger partial charge on any atom is -0.383 e. The maximum absolute atomic E-state index is 11.1. The van der Waals surface area contributed by atoms with Crippen LogP contribution in [0.1, 0.15) is 12.6 Å². The lowest BCUT2D eigenvalue weighted by Gasteiger charge is -2.10. The van der Waals surface area contributed by atoms with Gasteiger partial charge in [0, 0.05) is 28.9 Å². The van der Waals surface area contributed by atoms with Crippen molar-refractivity contribution < 1.29 is 4.21 Å². The smallest absolute Gasteiger partial charge is 0.140 e. The molecule has 4 nitrogen and oxygen atoms in total. The number of nitrogens with one attached hydrogen (secondary N) is 1. The molecule has 1 aromatic rings. The molecule has 80 valence electrons. The minimum absolute atomic E-state index is 0.0978. The van der Waals surface area contributed by atoms with Gasteiger partial charge in [-0.3, -0.25) is 4.21 Å². The van der Waals surface area contributed by atoms with Crippen LogP contribution in [0.25, 0.3) is 0 Å². The average Bonchev–Trinajstić information content (AvgIpc) is 2.26. The molecular formula is C10H13N3OS. The van der Waals surface area contributed by atoms with Crippen LogP contribution in [0.3, 0.4) is 0 Å². The van der Waals surface area contributed by atoms with Crippen LogP contribution in [0, 0.1) is 11.3 Å². The predicted octanol–water partition coefficient (Wildman–Crippen LogP) is 1.13. The van der Waals surface area contributed by atoms with E-state index in [1.807, 2.05) is 13.0 Å². The van der Waals surface area contributed by atoms with Crippen molar-refractivity contribution in [1.29, 1.82) is 5.26 Å². The van der Waals surface area contributed by atoms with Gasteiger partial charge in [-0.1, -0.05) is 0 Å². The van der Waals surface area contributed by atoms with Crippen LogP contribution in [0.15, 0.2) is 18.3 Å². The van der Waals surface area contributed by atoms with Crippen LogP contribution in [-0.4, -0.2) is 27.2 Å². The summed E-state index contributed by atoms with van der Waals surface area (Å²) < 4.78 is 11.1. The molecule has 0 amide bonds. The van der Waals surface area contributed by atoms with Crippen molar-refractivity contribution in [3.63, 3.8) is 0 Å². The molecule has 1 aromatic heterocycles.